The third kappa shape index (κ3) is 5.93. The second kappa shape index (κ2) is 12.4. The fourth-order valence-corrected chi connectivity index (χ4v) is 26.4. The second-order valence-corrected chi connectivity index (χ2v) is 25.4. The van der Waals surface area contributed by atoms with E-state index in [1.54, 1.807) is 0 Å². The van der Waals surface area contributed by atoms with Crippen molar-refractivity contribution < 1.29 is 0 Å². The van der Waals surface area contributed by atoms with E-state index in [0.29, 0.717) is 0 Å². The molecule has 4 aliphatic heterocycles. The Balaban J connectivity index is 1.57. The van der Waals surface area contributed by atoms with Crippen molar-refractivity contribution in [1.82, 2.24) is 0 Å². The van der Waals surface area contributed by atoms with Crippen LogP contribution in [0.5, 0.6) is 0 Å². The van der Waals surface area contributed by atoms with E-state index in [4.69, 9.17) is 0 Å². The third-order valence-corrected chi connectivity index (χ3v) is 25.0. The molecule has 0 aromatic rings. The topological polar surface area (TPSA) is 0 Å². The molecule has 0 N–H and O–H groups in total. The van der Waals surface area contributed by atoms with Gasteiger partial charge in [-0.1, -0.05) is 99.2 Å². The van der Waals surface area contributed by atoms with Crippen LogP contribution in [-0.2, 0) is 0 Å². The number of rotatable bonds is 7. The first kappa shape index (κ1) is 28.2. The van der Waals surface area contributed by atoms with Crippen molar-refractivity contribution in [1.29, 1.82) is 0 Å². The molecule has 0 aromatic heterocycles. The highest BCUT2D eigenvalue weighted by atomic mass is 31.2. The number of hydrogen-bond donors (Lipinski definition) is 0. The zero-order chi connectivity index (χ0) is 24.6. The lowest BCUT2D eigenvalue weighted by Gasteiger charge is -2.34. The lowest BCUT2D eigenvalue weighted by molar-refractivity contribution is 0.777. The standard InChI is InChI=1S/C30H54P4/c1-21-13-14-22(2)31(21)29(32-23(3)15-16-24(32)4)11-9-10-12-30(33-25(5)17-18-26(33)6)34-27(7)19-20-28(34)8/h11-12,21-28H,9-10,13-20H2,1-8H3/t21-,22-,23-,24-,25+,26+,27+,28+. The molecule has 0 nitrogen and oxygen atoms in total. The van der Waals surface area contributed by atoms with Crippen molar-refractivity contribution in [3.63, 3.8) is 0 Å². The van der Waals surface area contributed by atoms with Crippen LogP contribution in [-0.4, -0.2) is 45.3 Å². The van der Waals surface area contributed by atoms with Gasteiger partial charge in [-0.25, -0.2) is 0 Å². The van der Waals surface area contributed by atoms with Crippen molar-refractivity contribution in [2.75, 3.05) is 0 Å². The van der Waals surface area contributed by atoms with Crippen molar-refractivity contribution in [3.8, 4) is 0 Å². The van der Waals surface area contributed by atoms with Gasteiger partial charge in [0.1, 0.15) is 0 Å². The molecule has 4 fully saturated rings. The van der Waals surface area contributed by atoms with Crippen molar-refractivity contribution in [3.05, 3.63) is 22.3 Å². The molecular formula is C30H54P4. The van der Waals surface area contributed by atoms with Gasteiger partial charge in [0, 0.05) is 0 Å². The molecule has 4 heteroatoms. The Bertz CT molecular complexity index is 590. The van der Waals surface area contributed by atoms with Crippen LogP contribution in [0.2, 0.25) is 0 Å². The summed E-state index contributed by atoms with van der Waals surface area (Å²) in [7, 11) is 0.416. The Morgan fingerprint density at radius 2 is 0.588 bits per heavy atom. The highest BCUT2D eigenvalue weighted by Crippen LogP contribution is 2.77. The lowest BCUT2D eigenvalue weighted by Crippen LogP contribution is -2.06. The fourth-order valence-electron chi connectivity index (χ4n) is 7.70. The molecular weight excluding hydrogens is 484 g/mol. The Morgan fingerprint density at radius 3 is 0.765 bits per heavy atom. The highest BCUT2D eigenvalue weighted by Gasteiger charge is 2.42. The van der Waals surface area contributed by atoms with E-state index in [0.717, 1.165) is 45.3 Å². The SMILES string of the molecule is C[C@@H]1CC[C@@H](C)P1C(=CCCC=C(P1[C@@H](C)CC[C@@H]1C)P1[C@@H](C)CC[C@@H]1C)P1[C@H](C)CC[C@H]1C. The monoisotopic (exact) mass is 538 g/mol. The largest absolute Gasteiger partial charge is 0.0760 e. The van der Waals surface area contributed by atoms with E-state index in [-0.39, 0.29) is 31.7 Å². The smallest absolute Gasteiger partial charge is 0.0194 e. The summed E-state index contributed by atoms with van der Waals surface area (Å²) >= 11 is 0. The van der Waals surface area contributed by atoms with Crippen LogP contribution in [0.3, 0.4) is 0 Å². The molecule has 0 unspecified atom stereocenters. The van der Waals surface area contributed by atoms with Gasteiger partial charge >= 0.3 is 0 Å². The molecule has 34 heavy (non-hydrogen) atoms. The molecule has 4 heterocycles. The molecule has 0 amide bonds. The van der Waals surface area contributed by atoms with Gasteiger partial charge in [0.15, 0.2) is 0 Å². The average molecular weight is 539 g/mol. The number of allylic oxidation sites excluding steroid dienone is 2. The van der Waals surface area contributed by atoms with Crippen LogP contribution >= 0.6 is 31.7 Å². The number of unbranched alkanes of at least 4 members (excludes halogenated alkanes) is 1. The van der Waals surface area contributed by atoms with E-state index in [1.165, 1.54) is 64.2 Å². The molecule has 194 valence electrons. The summed E-state index contributed by atoms with van der Waals surface area (Å²) in [5.74, 6) is 0. The minimum absolute atomic E-state index is 0.104. The minimum atomic E-state index is 0.104. The van der Waals surface area contributed by atoms with Gasteiger partial charge in [-0.15, -0.1) is 0 Å². The molecule has 0 bridgehead atoms. The first-order valence-electron chi connectivity index (χ1n) is 14.7. The first-order chi connectivity index (χ1) is 16.2. The van der Waals surface area contributed by atoms with Crippen molar-refractivity contribution >= 4 is 31.7 Å². The van der Waals surface area contributed by atoms with E-state index >= 15 is 0 Å². The molecule has 0 aliphatic carbocycles. The predicted molar refractivity (Wildman–Crippen MR) is 166 cm³/mol. The maximum Gasteiger partial charge on any atom is -0.0194 e. The number of hydrogen-bond acceptors (Lipinski definition) is 0. The molecule has 0 aromatic carbocycles. The molecule has 0 spiro atoms. The quantitative estimate of drug-likeness (QED) is 0.223. The van der Waals surface area contributed by atoms with Crippen LogP contribution < -0.4 is 0 Å². The van der Waals surface area contributed by atoms with Gasteiger partial charge in [-0.05, 0) is 120 Å². The van der Waals surface area contributed by atoms with Crippen LogP contribution in [0.1, 0.15) is 120 Å². The summed E-state index contributed by atoms with van der Waals surface area (Å²) in [6.45, 7) is 20.8. The predicted octanol–water partition coefficient (Wildman–Crippen LogP) is 11.7. The van der Waals surface area contributed by atoms with E-state index in [1.807, 2.05) is 10.1 Å². The van der Waals surface area contributed by atoms with Crippen molar-refractivity contribution in [2.45, 2.75) is 165 Å². The Morgan fingerprint density at radius 1 is 0.412 bits per heavy atom. The van der Waals surface area contributed by atoms with Crippen LogP contribution in [0.4, 0.5) is 0 Å². The first-order valence-corrected chi connectivity index (χ1v) is 20.7. The molecule has 4 rings (SSSR count). The van der Waals surface area contributed by atoms with Gasteiger partial charge in [-0.3, -0.25) is 0 Å². The Kier molecular flexibility index (Phi) is 10.3. The fraction of sp³-hybridized carbons (Fsp3) is 0.867. The van der Waals surface area contributed by atoms with Gasteiger partial charge in [0.25, 0.3) is 0 Å². The lowest BCUT2D eigenvalue weighted by atomic mass is 10.2. The Labute approximate surface area is 218 Å². The molecule has 0 saturated carbocycles. The molecule has 4 aliphatic rings. The normalized spacial score (nSPS) is 40.4. The molecule has 0 radical (unpaired) electrons. The van der Waals surface area contributed by atoms with Gasteiger partial charge in [0.05, 0.1) is 0 Å². The third-order valence-electron chi connectivity index (χ3n) is 9.69. The second-order valence-electron chi connectivity index (χ2n) is 12.4. The summed E-state index contributed by atoms with van der Waals surface area (Å²) < 4.78 is 0. The highest BCUT2D eigenvalue weighted by molar-refractivity contribution is 7.83. The van der Waals surface area contributed by atoms with E-state index in [9.17, 15) is 0 Å². The Hall–Kier alpha value is 1.20. The minimum Gasteiger partial charge on any atom is -0.0760 e. The van der Waals surface area contributed by atoms with Crippen molar-refractivity contribution in [2.24, 2.45) is 0 Å². The van der Waals surface area contributed by atoms with Gasteiger partial charge in [0.2, 0.25) is 0 Å². The molecule has 8 atom stereocenters. The maximum atomic E-state index is 2.87. The summed E-state index contributed by atoms with van der Waals surface area (Å²) in [6, 6.07) is 0. The van der Waals surface area contributed by atoms with Crippen LogP contribution in [0, 0.1) is 0 Å². The van der Waals surface area contributed by atoms with Crippen LogP contribution in [0.25, 0.3) is 0 Å². The zero-order valence-corrected chi connectivity index (χ0v) is 27.2. The van der Waals surface area contributed by atoms with Gasteiger partial charge in [-0.2, -0.15) is 0 Å². The van der Waals surface area contributed by atoms with E-state index in [2.05, 4.69) is 67.5 Å². The summed E-state index contributed by atoms with van der Waals surface area (Å²) in [5, 5.41) is 4.08. The summed E-state index contributed by atoms with van der Waals surface area (Å²) in [5.41, 5.74) is 7.76. The van der Waals surface area contributed by atoms with Gasteiger partial charge < -0.3 is 0 Å². The maximum absolute atomic E-state index is 2.87. The average Bonchev–Trinajstić information content (AvgIpc) is 3.51. The van der Waals surface area contributed by atoms with Crippen LogP contribution in [0.15, 0.2) is 22.3 Å². The summed E-state index contributed by atoms with van der Waals surface area (Å²) in [6.07, 6.45) is 20.3. The molecule has 4 saturated heterocycles. The summed E-state index contributed by atoms with van der Waals surface area (Å²) in [4.78, 5) is 0. The zero-order valence-electron chi connectivity index (χ0n) is 23.6. The van der Waals surface area contributed by atoms with E-state index < -0.39 is 0 Å².